The summed E-state index contributed by atoms with van der Waals surface area (Å²) in [5, 5.41) is 30.6. The average Bonchev–Trinajstić information content (AvgIpc) is 2.91. The normalized spacial score (nSPS) is 31.3. The zero-order valence-electron chi connectivity index (χ0n) is 14.9. The molecule has 2 heterocycles. The number of nitrogens with zero attached hydrogens (tertiary/aromatic N) is 4. The smallest absolute Gasteiger partial charge is 0.191 e. The van der Waals surface area contributed by atoms with Crippen LogP contribution in [-0.4, -0.2) is 24.0 Å². The van der Waals surface area contributed by atoms with Crippen LogP contribution in [0.15, 0.2) is 47.2 Å². The maximum atomic E-state index is 10.1. The van der Waals surface area contributed by atoms with Crippen LogP contribution in [0.2, 0.25) is 5.02 Å². The number of fused-ring (bicyclic) bond motifs is 4. The predicted molar refractivity (Wildman–Crippen MR) is 101 cm³/mol. The number of hydrogen-bond acceptors (Lipinski definition) is 5. The summed E-state index contributed by atoms with van der Waals surface area (Å²) in [6.07, 6.45) is 4.07. The van der Waals surface area contributed by atoms with Crippen LogP contribution >= 0.6 is 11.6 Å². The van der Waals surface area contributed by atoms with Gasteiger partial charge >= 0.3 is 0 Å². The number of nitriles is 3. The van der Waals surface area contributed by atoms with Gasteiger partial charge in [0.25, 0.3) is 0 Å². The number of allylic oxidation sites excluding steroid dienone is 2. The molecule has 5 nitrogen and oxygen atoms in total. The first-order valence-corrected chi connectivity index (χ1v) is 9.28. The van der Waals surface area contributed by atoms with Crippen molar-refractivity contribution in [3.05, 3.63) is 57.8 Å². The molecule has 0 amide bonds. The Morgan fingerprint density at radius 3 is 2.41 bits per heavy atom. The van der Waals surface area contributed by atoms with E-state index in [1.54, 1.807) is 12.1 Å². The van der Waals surface area contributed by atoms with Crippen LogP contribution in [0, 0.1) is 45.3 Å². The highest BCUT2D eigenvalue weighted by atomic mass is 35.5. The third-order valence-electron chi connectivity index (χ3n) is 6.45. The molecule has 0 aromatic heterocycles. The van der Waals surface area contributed by atoms with E-state index in [4.69, 9.17) is 17.3 Å². The third-order valence-corrected chi connectivity index (χ3v) is 6.70. The highest BCUT2D eigenvalue weighted by molar-refractivity contribution is 6.30. The standard InChI is InChI=1S/C21H18ClN5/c1-27-14-6-7-17(27)18-15(8-14)16(9-23)20(26)21(10-24,11-25)19(18)12-2-4-13(22)5-3-12/h2-5,8,14,17-19H,6-7,26H2,1H3/t14?,17?,18-,19?/m1/s1. The number of nitrogens with two attached hydrogens (primary N) is 1. The Kier molecular flexibility index (Phi) is 4.01. The molecule has 2 bridgehead atoms. The molecular weight excluding hydrogens is 358 g/mol. The Bertz CT molecular complexity index is 971. The summed E-state index contributed by atoms with van der Waals surface area (Å²) < 4.78 is 0. The fourth-order valence-electron chi connectivity index (χ4n) is 5.13. The molecular formula is C21H18ClN5. The number of rotatable bonds is 1. The van der Waals surface area contributed by atoms with Gasteiger partial charge in [0.15, 0.2) is 5.41 Å². The molecule has 4 rings (SSSR count). The van der Waals surface area contributed by atoms with E-state index in [2.05, 4.69) is 36.2 Å². The molecule has 0 saturated carbocycles. The minimum atomic E-state index is -1.59. The first-order valence-electron chi connectivity index (χ1n) is 8.90. The van der Waals surface area contributed by atoms with E-state index < -0.39 is 11.3 Å². The molecule has 3 aliphatic rings. The highest BCUT2D eigenvalue weighted by Gasteiger charge is 2.58. The summed E-state index contributed by atoms with van der Waals surface area (Å²) in [6.45, 7) is 0. The zero-order valence-corrected chi connectivity index (χ0v) is 15.6. The molecule has 1 fully saturated rings. The molecule has 1 aromatic rings. The Labute approximate surface area is 163 Å². The number of benzene rings is 1. The molecule has 1 saturated heterocycles. The van der Waals surface area contributed by atoms with E-state index in [1.165, 1.54) is 0 Å². The van der Waals surface area contributed by atoms with Crippen molar-refractivity contribution in [1.29, 1.82) is 15.8 Å². The first-order chi connectivity index (χ1) is 13.0. The van der Waals surface area contributed by atoms with Crippen LogP contribution in [0.5, 0.6) is 0 Å². The van der Waals surface area contributed by atoms with E-state index >= 15 is 0 Å². The van der Waals surface area contributed by atoms with Gasteiger partial charge in [0, 0.05) is 28.9 Å². The molecule has 4 atom stereocenters. The van der Waals surface area contributed by atoms with Gasteiger partial charge in [0.2, 0.25) is 0 Å². The highest BCUT2D eigenvalue weighted by Crippen LogP contribution is 2.58. The van der Waals surface area contributed by atoms with Gasteiger partial charge in [-0.3, -0.25) is 4.90 Å². The lowest BCUT2D eigenvalue weighted by Crippen LogP contribution is -2.51. The van der Waals surface area contributed by atoms with Crippen molar-refractivity contribution in [3.8, 4) is 18.2 Å². The summed E-state index contributed by atoms with van der Waals surface area (Å²) in [6, 6.07) is 14.2. The largest absolute Gasteiger partial charge is 0.399 e. The summed E-state index contributed by atoms with van der Waals surface area (Å²) in [4.78, 5) is 2.30. The van der Waals surface area contributed by atoms with E-state index in [9.17, 15) is 15.8 Å². The lowest BCUT2D eigenvalue weighted by Gasteiger charge is -2.48. The molecule has 1 aliphatic carbocycles. The van der Waals surface area contributed by atoms with Gasteiger partial charge in [0.05, 0.1) is 23.4 Å². The van der Waals surface area contributed by atoms with Gasteiger partial charge in [-0.15, -0.1) is 0 Å². The van der Waals surface area contributed by atoms with Gasteiger partial charge in [-0.05, 0) is 43.2 Å². The second kappa shape index (κ2) is 6.14. The van der Waals surface area contributed by atoms with Crippen molar-refractivity contribution in [3.63, 3.8) is 0 Å². The lowest BCUT2D eigenvalue weighted by molar-refractivity contribution is 0.160. The molecule has 2 aliphatic heterocycles. The minimum Gasteiger partial charge on any atom is -0.399 e. The van der Waals surface area contributed by atoms with Gasteiger partial charge in [-0.1, -0.05) is 29.8 Å². The molecule has 2 N–H and O–H groups in total. The van der Waals surface area contributed by atoms with Crippen molar-refractivity contribution in [2.24, 2.45) is 17.1 Å². The molecule has 0 radical (unpaired) electrons. The minimum absolute atomic E-state index is 0.0707. The summed E-state index contributed by atoms with van der Waals surface area (Å²) >= 11 is 6.06. The molecule has 3 unspecified atom stereocenters. The van der Waals surface area contributed by atoms with Crippen LogP contribution in [0.1, 0.15) is 24.3 Å². The lowest BCUT2D eigenvalue weighted by atomic mass is 9.56. The van der Waals surface area contributed by atoms with Crippen molar-refractivity contribution < 1.29 is 0 Å². The molecule has 1 aromatic carbocycles. The van der Waals surface area contributed by atoms with E-state index in [0.717, 1.165) is 24.0 Å². The van der Waals surface area contributed by atoms with Crippen LogP contribution in [0.25, 0.3) is 0 Å². The third kappa shape index (κ3) is 2.25. The molecule has 134 valence electrons. The monoisotopic (exact) mass is 375 g/mol. The number of hydrogen-bond donors (Lipinski definition) is 1. The van der Waals surface area contributed by atoms with E-state index in [0.29, 0.717) is 10.6 Å². The Hall–Kier alpha value is -2.78. The quantitative estimate of drug-likeness (QED) is 0.812. The van der Waals surface area contributed by atoms with Gasteiger partial charge < -0.3 is 5.73 Å². The van der Waals surface area contributed by atoms with Crippen molar-refractivity contribution in [1.82, 2.24) is 4.90 Å². The Morgan fingerprint density at radius 2 is 1.81 bits per heavy atom. The summed E-state index contributed by atoms with van der Waals surface area (Å²) in [5.74, 6) is -0.601. The van der Waals surface area contributed by atoms with Crippen LogP contribution < -0.4 is 5.73 Å². The van der Waals surface area contributed by atoms with Crippen LogP contribution in [-0.2, 0) is 0 Å². The fraction of sp³-hybridized carbons (Fsp3) is 0.381. The number of halogens is 1. The predicted octanol–water partition coefficient (Wildman–Crippen LogP) is 3.23. The second-order valence-corrected chi connectivity index (χ2v) is 7.92. The van der Waals surface area contributed by atoms with Crippen LogP contribution in [0.3, 0.4) is 0 Å². The van der Waals surface area contributed by atoms with Crippen molar-refractivity contribution >= 4 is 11.6 Å². The molecule has 27 heavy (non-hydrogen) atoms. The maximum Gasteiger partial charge on any atom is 0.191 e. The zero-order chi connectivity index (χ0) is 19.3. The maximum absolute atomic E-state index is 10.1. The topological polar surface area (TPSA) is 101 Å². The molecule has 0 spiro atoms. The Balaban J connectivity index is 2.04. The second-order valence-electron chi connectivity index (χ2n) is 7.49. The van der Waals surface area contributed by atoms with Gasteiger partial charge in [0.1, 0.15) is 6.07 Å². The van der Waals surface area contributed by atoms with Gasteiger partial charge in [-0.25, -0.2) is 0 Å². The van der Waals surface area contributed by atoms with Gasteiger partial charge in [-0.2, -0.15) is 15.8 Å². The fourth-order valence-corrected chi connectivity index (χ4v) is 5.26. The summed E-state index contributed by atoms with van der Waals surface area (Å²) in [5.41, 5.74) is 6.86. The van der Waals surface area contributed by atoms with Crippen LogP contribution in [0.4, 0.5) is 0 Å². The first kappa shape index (κ1) is 17.6. The average molecular weight is 376 g/mol. The Morgan fingerprint density at radius 1 is 1.15 bits per heavy atom. The number of likely N-dealkylation sites (N-methyl/N-ethyl adjacent to an activating group) is 1. The van der Waals surface area contributed by atoms with Crippen molar-refractivity contribution in [2.45, 2.75) is 30.8 Å². The molecule has 6 heteroatoms. The van der Waals surface area contributed by atoms with E-state index in [-0.39, 0.29) is 23.7 Å². The SMILES string of the molecule is CN1C2C=C3C(C#N)=C(N)C(C#N)(C#N)C(c4ccc(Cl)cc4)[C@H]3C1CC2. The van der Waals surface area contributed by atoms with E-state index in [1.807, 2.05) is 12.1 Å². The summed E-state index contributed by atoms with van der Waals surface area (Å²) in [7, 11) is 2.07. The van der Waals surface area contributed by atoms with Crippen molar-refractivity contribution in [2.75, 3.05) is 7.05 Å².